The lowest BCUT2D eigenvalue weighted by atomic mass is 10.2. The minimum absolute atomic E-state index is 0.121. The monoisotopic (exact) mass is 381 g/mol. The number of carbonyl (C=O) groups excluding carboxylic acids is 2. The standard InChI is InChI=1S/C20H19N3O3S/c1-2-26-16-10-8-14(9-11-16)20-23-17(13-27-20)19(25)21-12-18(24)22-15-6-4-3-5-7-15/h3-11,13H,2,12H2,1H3,(H,21,25)(H,22,24). The number of ether oxygens (including phenoxy) is 1. The van der Waals surface area contributed by atoms with Crippen LogP contribution in [0.25, 0.3) is 10.6 Å². The molecule has 0 aliphatic rings. The van der Waals surface area contributed by atoms with Gasteiger partial charge >= 0.3 is 0 Å². The Labute approximate surface area is 161 Å². The number of amides is 2. The molecule has 0 spiro atoms. The highest BCUT2D eigenvalue weighted by molar-refractivity contribution is 7.13. The molecular weight excluding hydrogens is 362 g/mol. The summed E-state index contributed by atoms with van der Waals surface area (Å²) in [6.07, 6.45) is 0. The first kappa shape index (κ1) is 18.6. The first-order valence-electron chi connectivity index (χ1n) is 8.47. The highest BCUT2D eigenvalue weighted by atomic mass is 32.1. The van der Waals surface area contributed by atoms with Crippen molar-refractivity contribution in [3.8, 4) is 16.3 Å². The van der Waals surface area contributed by atoms with Crippen LogP contribution in [0.15, 0.2) is 60.0 Å². The highest BCUT2D eigenvalue weighted by Crippen LogP contribution is 2.25. The first-order valence-corrected chi connectivity index (χ1v) is 9.35. The molecule has 3 rings (SSSR count). The Kier molecular flexibility index (Phi) is 6.17. The normalized spacial score (nSPS) is 10.3. The first-order chi connectivity index (χ1) is 13.2. The Morgan fingerprint density at radius 3 is 2.52 bits per heavy atom. The summed E-state index contributed by atoms with van der Waals surface area (Å²) in [5.41, 5.74) is 1.88. The van der Waals surface area contributed by atoms with Gasteiger partial charge in [-0.3, -0.25) is 9.59 Å². The number of nitrogens with zero attached hydrogens (tertiary/aromatic N) is 1. The third kappa shape index (κ3) is 5.15. The second kappa shape index (κ2) is 8.95. The number of thiazole rings is 1. The van der Waals surface area contributed by atoms with Gasteiger partial charge in [0.2, 0.25) is 5.91 Å². The molecule has 0 saturated carbocycles. The molecule has 0 aliphatic heterocycles. The van der Waals surface area contributed by atoms with Crippen LogP contribution in [-0.2, 0) is 4.79 Å². The van der Waals surface area contributed by atoms with Gasteiger partial charge in [-0.05, 0) is 43.3 Å². The molecule has 2 amide bonds. The smallest absolute Gasteiger partial charge is 0.271 e. The average molecular weight is 381 g/mol. The topological polar surface area (TPSA) is 80.3 Å². The van der Waals surface area contributed by atoms with E-state index in [1.807, 2.05) is 49.4 Å². The van der Waals surface area contributed by atoms with Crippen LogP contribution in [0.1, 0.15) is 17.4 Å². The van der Waals surface area contributed by atoms with Gasteiger partial charge in [-0.25, -0.2) is 4.98 Å². The van der Waals surface area contributed by atoms with Crippen molar-refractivity contribution in [2.45, 2.75) is 6.92 Å². The molecule has 6 nitrogen and oxygen atoms in total. The van der Waals surface area contributed by atoms with Gasteiger partial charge in [-0.15, -0.1) is 11.3 Å². The molecule has 138 valence electrons. The predicted octanol–water partition coefficient (Wildman–Crippen LogP) is 3.58. The number of carbonyl (C=O) groups is 2. The highest BCUT2D eigenvalue weighted by Gasteiger charge is 2.13. The summed E-state index contributed by atoms with van der Waals surface area (Å²) in [6, 6.07) is 16.6. The van der Waals surface area contributed by atoms with E-state index in [2.05, 4.69) is 15.6 Å². The predicted molar refractivity (Wildman–Crippen MR) is 106 cm³/mol. The fourth-order valence-corrected chi connectivity index (χ4v) is 3.16. The number of anilines is 1. The van der Waals surface area contributed by atoms with E-state index >= 15 is 0 Å². The molecule has 1 aromatic heterocycles. The molecule has 3 aromatic rings. The van der Waals surface area contributed by atoms with Gasteiger partial charge in [0.05, 0.1) is 13.2 Å². The van der Waals surface area contributed by atoms with Crippen molar-refractivity contribution in [1.29, 1.82) is 0 Å². The summed E-state index contributed by atoms with van der Waals surface area (Å²) in [6.45, 7) is 2.42. The summed E-state index contributed by atoms with van der Waals surface area (Å²) < 4.78 is 5.42. The van der Waals surface area contributed by atoms with Crippen LogP contribution < -0.4 is 15.4 Å². The van der Waals surface area contributed by atoms with E-state index in [9.17, 15) is 9.59 Å². The number of benzene rings is 2. The van der Waals surface area contributed by atoms with Gasteiger partial charge in [0.25, 0.3) is 5.91 Å². The largest absolute Gasteiger partial charge is 0.494 e. The van der Waals surface area contributed by atoms with Crippen molar-refractivity contribution in [1.82, 2.24) is 10.3 Å². The van der Waals surface area contributed by atoms with Gasteiger partial charge in [0.1, 0.15) is 16.5 Å². The molecule has 2 N–H and O–H groups in total. The van der Waals surface area contributed by atoms with Crippen LogP contribution in [-0.4, -0.2) is 29.9 Å². The number of aromatic nitrogens is 1. The van der Waals surface area contributed by atoms with E-state index < -0.39 is 0 Å². The zero-order valence-electron chi connectivity index (χ0n) is 14.8. The van der Waals surface area contributed by atoms with E-state index in [-0.39, 0.29) is 24.1 Å². The number of para-hydroxylation sites is 1. The van der Waals surface area contributed by atoms with Crippen molar-refractivity contribution in [2.75, 3.05) is 18.5 Å². The minimum Gasteiger partial charge on any atom is -0.494 e. The number of rotatable bonds is 7. The molecule has 0 saturated heterocycles. The molecule has 0 fully saturated rings. The Morgan fingerprint density at radius 1 is 1.07 bits per heavy atom. The number of hydrogen-bond donors (Lipinski definition) is 2. The van der Waals surface area contributed by atoms with Crippen molar-refractivity contribution in [3.63, 3.8) is 0 Å². The molecule has 2 aromatic carbocycles. The molecule has 27 heavy (non-hydrogen) atoms. The van der Waals surface area contributed by atoms with Crippen LogP contribution in [0.5, 0.6) is 5.75 Å². The number of nitrogens with one attached hydrogen (secondary N) is 2. The zero-order chi connectivity index (χ0) is 19.1. The van der Waals surface area contributed by atoms with E-state index in [4.69, 9.17) is 4.74 Å². The fraction of sp³-hybridized carbons (Fsp3) is 0.150. The van der Waals surface area contributed by atoms with Crippen molar-refractivity contribution in [3.05, 3.63) is 65.7 Å². The lowest BCUT2D eigenvalue weighted by Gasteiger charge is -2.05. The second-order valence-corrected chi connectivity index (χ2v) is 6.45. The summed E-state index contributed by atoms with van der Waals surface area (Å²) in [5.74, 6) is 0.114. The van der Waals surface area contributed by atoms with Gasteiger partial charge in [0.15, 0.2) is 0 Å². The lowest BCUT2D eigenvalue weighted by molar-refractivity contribution is -0.115. The molecule has 0 atom stereocenters. The number of hydrogen-bond acceptors (Lipinski definition) is 5. The Balaban J connectivity index is 1.55. The quantitative estimate of drug-likeness (QED) is 0.656. The van der Waals surface area contributed by atoms with E-state index in [1.165, 1.54) is 11.3 Å². The molecule has 0 unspecified atom stereocenters. The lowest BCUT2D eigenvalue weighted by Crippen LogP contribution is -2.33. The molecule has 1 heterocycles. The third-order valence-corrected chi connectivity index (χ3v) is 4.51. The maximum absolute atomic E-state index is 12.2. The van der Waals surface area contributed by atoms with Crippen molar-refractivity contribution in [2.24, 2.45) is 0 Å². The molecule has 0 radical (unpaired) electrons. The van der Waals surface area contributed by atoms with E-state index in [1.54, 1.807) is 17.5 Å². The van der Waals surface area contributed by atoms with E-state index in [0.717, 1.165) is 16.3 Å². The molecule has 0 bridgehead atoms. The van der Waals surface area contributed by atoms with Crippen molar-refractivity contribution < 1.29 is 14.3 Å². The minimum atomic E-state index is -0.383. The maximum atomic E-state index is 12.2. The van der Waals surface area contributed by atoms with Crippen LogP contribution in [0.3, 0.4) is 0 Å². The average Bonchev–Trinajstić information content (AvgIpc) is 3.18. The summed E-state index contributed by atoms with van der Waals surface area (Å²) in [4.78, 5) is 28.5. The fourth-order valence-electron chi connectivity index (χ4n) is 2.35. The van der Waals surface area contributed by atoms with Crippen molar-refractivity contribution >= 4 is 28.8 Å². The van der Waals surface area contributed by atoms with E-state index in [0.29, 0.717) is 12.3 Å². The van der Waals surface area contributed by atoms with Gasteiger partial charge < -0.3 is 15.4 Å². The molecule has 0 aliphatic carbocycles. The van der Waals surface area contributed by atoms with Crippen LogP contribution >= 0.6 is 11.3 Å². The maximum Gasteiger partial charge on any atom is 0.271 e. The Morgan fingerprint density at radius 2 is 1.81 bits per heavy atom. The third-order valence-electron chi connectivity index (χ3n) is 3.62. The Hall–Kier alpha value is -3.19. The molecular formula is C20H19N3O3S. The van der Waals surface area contributed by atoms with Gasteiger partial charge in [-0.1, -0.05) is 18.2 Å². The van der Waals surface area contributed by atoms with Crippen LogP contribution in [0, 0.1) is 0 Å². The zero-order valence-corrected chi connectivity index (χ0v) is 15.6. The SMILES string of the molecule is CCOc1ccc(-c2nc(C(=O)NCC(=O)Nc3ccccc3)cs2)cc1. The van der Waals surface area contributed by atoms with Crippen LogP contribution in [0.2, 0.25) is 0 Å². The second-order valence-electron chi connectivity index (χ2n) is 5.59. The van der Waals surface area contributed by atoms with Gasteiger partial charge in [-0.2, -0.15) is 0 Å². The Bertz CT molecular complexity index is 908. The van der Waals surface area contributed by atoms with Crippen LogP contribution in [0.4, 0.5) is 5.69 Å². The van der Waals surface area contributed by atoms with Gasteiger partial charge in [0, 0.05) is 16.6 Å². The molecule has 7 heteroatoms. The summed E-state index contributed by atoms with van der Waals surface area (Å²) in [7, 11) is 0. The summed E-state index contributed by atoms with van der Waals surface area (Å²) in [5, 5.41) is 7.70. The summed E-state index contributed by atoms with van der Waals surface area (Å²) >= 11 is 1.37.